The first kappa shape index (κ1) is 16.3. The van der Waals surface area contributed by atoms with Crippen LogP contribution < -0.4 is 11.2 Å². The molecule has 1 aliphatic rings. The summed E-state index contributed by atoms with van der Waals surface area (Å²) >= 11 is 2.99. The van der Waals surface area contributed by atoms with E-state index in [0.29, 0.717) is 0 Å². The van der Waals surface area contributed by atoms with E-state index in [9.17, 15) is 22.8 Å². The van der Waals surface area contributed by atoms with Gasteiger partial charge >= 0.3 is 5.69 Å². The molecule has 23 heavy (non-hydrogen) atoms. The van der Waals surface area contributed by atoms with Crippen LogP contribution in [0.3, 0.4) is 0 Å². The second-order valence-corrected chi connectivity index (χ2v) is 6.72. The van der Waals surface area contributed by atoms with Crippen LogP contribution in [-0.4, -0.2) is 15.6 Å². The molecule has 3 rings (SSSR count). The van der Waals surface area contributed by atoms with Gasteiger partial charge in [-0.25, -0.2) is 18.0 Å². The number of rotatable bonds is 4. The molecule has 0 aliphatic heterocycles. The molecule has 1 saturated carbocycles. The molecule has 1 atom stereocenters. The molecule has 0 radical (unpaired) electrons. The summed E-state index contributed by atoms with van der Waals surface area (Å²) in [6.45, 7) is 1.38. The second kappa shape index (κ2) is 5.81. The van der Waals surface area contributed by atoms with Crippen molar-refractivity contribution in [2.45, 2.75) is 38.8 Å². The third-order valence-corrected chi connectivity index (χ3v) is 4.73. The normalized spacial score (nSPS) is 16.3. The molecule has 1 heterocycles. The van der Waals surface area contributed by atoms with Gasteiger partial charge in [0.25, 0.3) is 12.0 Å². The molecule has 1 aromatic carbocycles. The third-order valence-electron chi connectivity index (χ3n) is 4.12. The molecular formula is C15H14BrF3N2O2. The van der Waals surface area contributed by atoms with Gasteiger partial charge in [0.15, 0.2) is 0 Å². The minimum atomic E-state index is -2.81. The number of aromatic nitrogens is 2. The van der Waals surface area contributed by atoms with Crippen molar-refractivity contribution in [3.63, 3.8) is 0 Å². The van der Waals surface area contributed by atoms with Crippen molar-refractivity contribution < 1.29 is 13.2 Å². The van der Waals surface area contributed by atoms with Crippen LogP contribution in [0.2, 0.25) is 0 Å². The van der Waals surface area contributed by atoms with E-state index in [2.05, 4.69) is 15.9 Å². The third kappa shape index (κ3) is 2.84. The number of hydrogen-bond donors (Lipinski definition) is 0. The number of benzene rings is 1. The molecule has 0 N–H and O–H groups in total. The highest BCUT2D eigenvalue weighted by atomic mass is 79.9. The Labute approximate surface area is 137 Å². The minimum absolute atomic E-state index is 0.0472. The topological polar surface area (TPSA) is 44.0 Å². The lowest BCUT2D eigenvalue weighted by Gasteiger charge is -2.19. The predicted octanol–water partition coefficient (Wildman–Crippen LogP) is 3.30. The SMILES string of the molecule is CC(C(F)F)n1c(=O)n(CC2CC2)c(=O)c2cc(Br)c(F)cc21. The van der Waals surface area contributed by atoms with E-state index < -0.39 is 29.5 Å². The van der Waals surface area contributed by atoms with Crippen LogP contribution in [0.4, 0.5) is 13.2 Å². The van der Waals surface area contributed by atoms with Crippen LogP contribution in [0.25, 0.3) is 10.9 Å². The summed E-state index contributed by atoms with van der Waals surface area (Å²) in [5.41, 5.74) is -1.50. The Morgan fingerprint density at radius 2 is 1.96 bits per heavy atom. The van der Waals surface area contributed by atoms with E-state index in [-0.39, 0.29) is 27.8 Å². The van der Waals surface area contributed by atoms with E-state index in [0.717, 1.165) is 28.0 Å². The quantitative estimate of drug-likeness (QED) is 0.803. The largest absolute Gasteiger partial charge is 0.331 e. The summed E-state index contributed by atoms with van der Waals surface area (Å²) in [5, 5.41) is 0.0472. The first-order valence-corrected chi connectivity index (χ1v) is 8.02. The molecule has 8 heteroatoms. The number of alkyl halides is 2. The Kier molecular flexibility index (Phi) is 4.12. The maximum absolute atomic E-state index is 13.8. The zero-order chi connectivity index (χ0) is 16.9. The lowest BCUT2D eigenvalue weighted by Crippen LogP contribution is -2.42. The standard InChI is InChI=1S/C15H14BrF3N2O2/c1-7(13(18)19)21-12-5-11(17)10(16)4-9(12)14(22)20(15(21)23)6-8-2-3-8/h4-5,7-8,13H,2-3,6H2,1H3. The number of fused-ring (bicyclic) bond motifs is 1. The fourth-order valence-electron chi connectivity index (χ4n) is 2.60. The van der Waals surface area contributed by atoms with Crippen LogP contribution >= 0.6 is 15.9 Å². The van der Waals surface area contributed by atoms with E-state index in [4.69, 9.17) is 0 Å². The Hall–Kier alpha value is -1.57. The van der Waals surface area contributed by atoms with E-state index >= 15 is 0 Å². The molecule has 2 aromatic rings. The maximum Gasteiger partial charge on any atom is 0.331 e. The van der Waals surface area contributed by atoms with E-state index in [1.54, 1.807) is 0 Å². The zero-order valence-electron chi connectivity index (χ0n) is 12.2. The van der Waals surface area contributed by atoms with Gasteiger partial charge in [0.2, 0.25) is 0 Å². The van der Waals surface area contributed by atoms with Gasteiger partial charge in [0.1, 0.15) is 5.82 Å². The van der Waals surface area contributed by atoms with Crippen molar-refractivity contribution in [3.05, 3.63) is 43.3 Å². The maximum atomic E-state index is 13.8. The number of halogens is 4. The molecule has 0 amide bonds. The minimum Gasteiger partial charge on any atom is -0.285 e. The van der Waals surface area contributed by atoms with Crippen LogP contribution in [0.5, 0.6) is 0 Å². The van der Waals surface area contributed by atoms with Crippen molar-refractivity contribution in [2.24, 2.45) is 5.92 Å². The zero-order valence-corrected chi connectivity index (χ0v) is 13.8. The van der Waals surface area contributed by atoms with Crippen molar-refractivity contribution in [3.8, 4) is 0 Å². The van der Waals surface area contributed by atoms with Crippen LogP contribution in [-0.2, 0) is 6.54 Å². The van der Waals surface area contributed by atoms with Gasteiger partial charge in [-0.1, -0.05) is 0 Å². The number of nitrogens with zero attached hydrogens (tertiary/aromatic N) is 2. The Balaban J connectivity index is 2.39. The molecule has 1 fully saturated rings. The van der Waals surface area contributed by atoms with Gasteiger partial charge in [0.05, 0.1) is 21.4 Å². The Morgan fingerprint density at radius 3 is 2.52 bits per heavy atom. The van der Waals surface area contributed by atoms with E-state index in [1.807, 2.05) is 0 Å². The summed E-state index contributed by atoms with van der Waals surface area (Å²) in [5.74, 6) is -0.497. The van der Waals surface area contributed by atoms with Gasteiger partial charge in [-0.05, 0) is 53.7 Å². The highest BCUT2D eigenvalue weighted by Gasteiger charge is 2.28. The van der Waals surface area contributed by atoms with Crippen molar-refractivity contribution in [2.75, 3.05) is 0 Å². The molecule has 1 unspecified atom stereocenters. The molecular weight excluding hydrogens is 377 g/mol. The first-order valence-electron chi connectivity index (χ1n) is 7.23. The molecule has 0 spiro atoms. The van der Waals surface area contributed by atoms with Gasteiger partial charge in [-0.2, -0.15) is 0 Å². The van der Waals surface area contributed by atoms with Gasteiger partial charge in [0, 0.05) is 6.54 Å². The summed E-state index contributed by atoms with van der Waals surface area (Å²) < 4.78 is 42.0. The number of hydrogen-bond acceptors (Lipinski definition) is 2. The Bertz CT molecular complexity index is 887. The average molecular weight is 391 g/mol. The van der Waals surface area contributed by atoms with Crippen LogP contribution in [0, 0.1) is 11.7 Å². The van der Waals surface area contributed by atoms with Crippen LogP contribution in [0.1, 0.15) is 25.8 Å². The van der Waals surface area contributed by atoms with Gasteiger partial charge < -0.3 is 0 Å². The highest BCUT2D eigenvalue weighted by molar-refractivity contribution is 9.10. The smallest absolute Gasteiger partial charge is 0.285 e. The molecule has 0 saturated heterocycles. The monoisotopic (exact) mass is 390 g/mol. The summed E-state index contributed by atoms with van der Waals surface area (Å²) in [6, 6.07) is 0.726. The highest BCUT2D eigenvalue weighted by Crippen LogP contribution is 2.30. The van der Waals surface area contributed by atoms with Gasteiger partial charge in [-0.15, -0.1) is 0 Å². The molecule has 1 aliphatic carbocycles. The molecule has 0 bridgehead atoms. The van der Waals surface area contributed by atoms with Crippen LogP contribution in [0.15, 0.2) is 26.2 Å². The fourth-order valence-corrected chi connectivity index (χ4v) is 2.94. The molecule has 4 nitrogen and oxygen atoms in total. The predicted molar refractivity (Wildman–Crippen MR) is 83.6 cm³/mol. The fraction of sp³-hybridized carbons (Fsp3) is 0.467. The van der Waals surface area contributed by atoms with E-state index in [1.165, 1.54) is 13.0 Å². The average Bonchev–Trinajstić information content (AvgIpc) is 3.30. The Morgan fingerprint density at radius 1 is 1.30 bits per heavy atom. The van der Waals surface area contributed by atoms with Crippen molar-refractivity contribution >= 4 is 26.8 Å². The molecule has 1 aromatic heterocycles. The first-order chi connectivity index (χ1) is 10.8. The summed E-state index contributed by atoms with van der Waals surface area (Å²) in [4.78, 5) is 25.1. The summed E-state index contributed by atoms with van der Waals surface area (Å²) in [6.07, 6.45) is -1.00. The molecule has 124 valence electrons. The van der Waals surface area contributed by atoms with Crippen molar-refractivity contribution in [1.82, 2.24) is 9.13 Å². The van der Waals surface area contributed by atoms with Crippen molar-refractivity contribution in [1.29, 1.82) is 0 Å². The lowest BCUT2D eigenvalue weighted by atomic mass is 10.2. The van der Waals surface area contributed by atoms with Gasteiger partial charge in [-0.3, -0.25) is 13.9 Å². The lowest BCUT2D eigenvalue weighted by molar-refractivity contribution is 0.0904. The summed E-state index contributed by atoms with van der Waals surface area (Å²) in [7, 11) is 0. The second-order valence-electron chi connectivity index (χ2n) is 5.87.